The van der Waals surface area contributed by atoms with Gasteiger partial charge in [-0.05, 0) is 18.2 Å². The number of halogens is 4. The SMILES string of the molecule is NNC(=O)c1cc(Br)cc(OCC(F)(F)F)c1. The van der Waals surface area contributed by atoms with E-state index in [1.165, 1.54) is 18.2 Å². The number of carbonyl (C=O) groups excluding carboxylic acids is 1. The summed E-state index contributed by atoms with van der Waals surface area (Å²) in [5.41, 5.74) is 1.97. The van der Waals surface area contributed by atoms with Crippen molar-refractivity contribution in [2.45, 2.75) is 6.18 Å². The van der Waals surface area contributed by atoms with Crippen LogP contribution in [0.1, 0.15) is 10.4 Å². The first-order valence-corrected chi connectivity index (χ1v) is 5.12. The first-order chi connectivity index (χ1) is 7.81. The molecule has 94 valence electrons. The van der Waals surface area contributed by atoms with Crippen LogP contribution < -0.4 is 16.0 Å². The van der Waals surface area contributed by atoms with Crippen molar-refractivity contribution in [3.05, 3.63) is 28.2 Å². The maximum absolute atomic E-state index is 11.9. The Bertz CT molecular complexity index is 423. The van der Waals surface area contributed by atoms with Crippen molar-refractivity contribution < 1.29 is 22.7 Å². The Labute approximate surface area is 103 Å². The number of nitrogen functional groups attached to an aromatic ring is 1. The van der Waals surface area contributed by atoms with Crippen LogP contribution >= 0.6 is 15.9 Å². The van der Waals surface area contributed by atoms with Crippen molar-refractivity contribution >= 4 is 21.8 Å². The van der Waals surface area contributed by atoms with Crippen molar-refractivity contribution in [3.63, 3.8) is 0 Å². The molecule has 0 saturated carbocycles. The molecule has 3 N–H and O–H groups in total. The Morgan fingerprint density at radius 3 is 2.59 bits per heavy atom. The molecule has 0 spiro atoms. The number of carbonyl (C=O) groups is 1. The van der Waals surface area contributed by atoms with Gasteiger partial charge in [0, 0.05) is 10.0 Å². The van der Waals surface area contributed by atoms with Crippen LogP contribution in [0.2, 0.25) is 0 Å². The van der Waals surface area contributed by atoms with E-state index < -0.39 is 18.7 Å². The summed E-state index contributed by atoms with van der Waals surface area (Å²) in [6.45, 7) is -1.42. The van der Waals surface area contributed by atoms with Crippen LogP contribution in [0, 0.1) is 0 Å². The van der Waals surface area contributed by atoms with E-state index in [1.54, 1.807) is 0 Å². The van der Waals surface area contributed by atoms with E-state index in [9.17, 15) is 18.0 Å². The molecule has 0 bridgehead atoms. The lowest BCUT2D eigenvalue weighted by Crippen LogP contribution is -2.30. The molecule has 0 unspecified atom stereocenters. The average molecular weight is 313 g/mol. The van der Waals surface area contributed by atoms with Gasteiger partial charge >= 0.3 is 6.18 Å². The first-order valence-electron chi connectivity index (χ1n) is 4.33. The second kappa shape index (κ2) is 5.37. The maximum Gasteiger partial charge on any atom is 0.422 e. The molecule has 0 aliphatic rings. The zero-order valence-electron chi connectivity index (χ0n) is 8.34. The fourth-order valence-electron chi connectivity index (χ4n) is 1.03. The Balaban J connectivity index is 2.86. The molecule has 0 fully saturated rings. The molecule has 4 nitrogen and oxygen atoms in total. The quantitative estimate of drug-likeness (QED) is 0.510. The van der Waals surface area contributed by atoms with Gasteiger partial charge < -0.3 is 4.74 Å². The Morgan fingerprint density at radius 2 is 2.06 bits per heavy atom. The molecule has 1 aromatic carbocycles. The highest BCUT2D eigenvalue weighted by Gasteiger charge is 2.28. The summed E-state index contributed by atoms with van der Waals surface area (Å²) in [6.07, 6.45) is -4.43. The lowest BCUT2D eigenvalue weighted by Gasteiger charge is -2.10. The number of rotatable bonds is 3. The number of amides is 1. The van der Waals surface area contributed by atoms with Gasteiger partial charge in [0.1, 0.15) is 5.75 Å². The van der Waals surface area contributed by atoms with E-state index in [2.05, 4.69) is 20.7 Å². The number of ether oxygens (including phenoxy) is 1. The summed E-state index contributed by atoms with van der Waals surface area (Å²) < 4.78 is 40.7. The second-order valence-electron chi connectivity index (χ2n) is 3.05. The smallest absolute Gasteiger partial charge is 0.422 e. The first kappa shape index (κ1) is 13.8. The zero-order valence-corrected chi connectivity index (χ0v) is 9.93. The third kappa shape index (κ3) is 4.61. The van der Waals surface area contributed by atoms with Crippen molar-refractivity contribution in [2.75, 3.05) is 6.61 Å². The number of hydrazine groups is 1. The molecule has 8 heteroatoms. The van der Waals surface area contributed by atoms with Gasteiger partial charge in [-0.15, -0.1) is 0 Å². The molecule has 0 saturated heterocycles. The molecule has 1 aromatic rings. The molecule has 0 aliphatic heterocycles. The lowest BCUT2D eigenvalue weighted by atomic mass is 10.2. The van der Waals surface area contributed by atoms with Crippen molar-refractivity contribution in [1.82, 2.24) is 5.43 Å². The number of hydrogen-bond acceptors (Lipinski definition) is 3. The van der Waals surface area contributed by atoms with E-state index >= 15 is 0 Å². The van der Waals surface area contributed by atoms with Gasteiger partial charge in [0.25, 0.3) is 5.91 Å². The molecular formula is C9H8BrF3N2O2. The topological polar surface area (TPSA) is 64.3 Å². The molecule has 0 radical (unpaired) electrons. The maximum atomic E-state index is 11.9. The Morgan fingerprint density at radius 1 is 1.41 bits per heavy atom. The van der Waals surface area contributed by atoms with Gasteiger partial charge in [0.05, 0.1) is 0 Å². The number of alkyl halides is 3. The van der Waals surface area contributed by atoms with E-state index in [0.717, 1.165) is 0 Å². The van der Waals surface area contributed by atoms with Gasteiger partial charge in [-0.1, -0.05) is 15.9 Å². The van der Waals surface area contributed by atoms with Gasteiger partial charge in [-0.2, -0.15) is 13.2 Å². The van der Waals surface area contributed by atoms with Crippen molar-refractivity contribution in [1.29, 1.82) is 0 Å². The minimum atomic E-state index is -4.43. The number of nitrogens with two attached hydrogens (primary N) is 1. The standard InChI is InChI=1S/C9H8BrF3N2O2/c10-6-1-5(8(16)15-14)2-7(3-6)17-4-9(11,12)13/h1-3H,4,14H2,(H,15,16). The predicted octanol–water partition coefficient (Wildman–Crippen LogP) is 1.99. The van der Waals surface area contributed by atoms with Crippen LogP contribution in [-0.4, -0.2) is 18.7 Å². The van der Waals surface area contributed by atoms with E-state index in [4.69, 9.17) is 5.84 Å². The second-order valence-corrected chi connectivity index (χ2v) is 3.97. The summed E-state index contributed by atoms with van der Waals surface area (Å²) in [5.74, 6) is 4.22. The van der Waals surface area contributed by atoms with Crippen LogP contribution in [0.15, 0.2) is 22.7 Å². The molecule has 1 amide bonds. The van der Waals surface area contributed by atoms with E-state index in [-0.39, 0.29) is 11.3 Å². The average Bonchev–Trinajstić information content (AvgIpc) is 2.23. The van der Waals surface area contributed by atoms with Crippen molar-refractivity contribution in [2.24, 2.45) is 5.84 Å². The lowest BCUT2D eigenvalue weighted by molar-refractivity contribution is -0.153. The zero-order chi connectivity index (χ0) is 13.1. The summed E-state index contributed by atoms with van der Waals surface area (Å²) in [6, 6.07) is 3.89. The van der Waals surface area contributed by atoms with Crippen LogP contribution in [0.3, 0.4) is 0 Å². The van der Waals surface area contributed by atoms with Crippen LogP contribution in [-0.2, 0) is 0 Å². The molecule has 0 heterocycles. The molecule has 0 atom stereocenters. The number of benzene rings is 1. The molecule has 0 aliphatic carbocycles. The highest BCUT2D eigenvalue weighted by molar-refractivity contribution is 9.10. The van der Waals surface area contributed by atoms with Gasteiger partial charge in [0.15, 0.2) is 6.61 Å². The minimum Gasteiger partial charge on any atom is -0.484 e. The van der Waals surface area contributed by atoms with Gasteiger partial charge in [-0.25, -0.2) is 5.84 Å². The number of hydrogen-bond donors (Lipinski definition) is 2. The summed E-state index contributed by atoms with van der Waals surface area (Å²) in [4.78, 5) is 11.2. The van der Waals surface area contributed by atoms with Gasteiger partial charge in [-0.3, -0.25) is 10.2 Å². The van der Waals surface area contributed by atoms with Gasteiger partial charge in [0.2, 0.25) is 0 Å². The minimum absolute atomic E-state index is 0.0738. The monoisotopic (exact) mass is 312 g/mol. The number of nitrogens with one attached hydrogen (secondary N) is 1. The molecule has 1 rings (SSSR count). The fourth-order valence-corrected chi connectivity index (χ4v) is 1.50. The van der Waals surface area contributed by atoms with Crippen LogP contribution in [0.25, 0.3) is 0 Å². The fraction of sp³-hybridized carbons (Fsp3) is 0.222. The summed E-state index contributed by atoms with van der Waals surface area (Å²) in [5, 5.41) is 0. The Hall–Kier alpha value is -1.28. The van der Waals surface area contributed by atoms with Crippen LogP contribution in [0.5, 0.6) is 5.75 Å². The van der Waals surface area contributed by atoms with E-state index in [0.29, 0.717) is 4.47 Å². The van der Waals surface area contributed by atoms with Crippen LogP contribution in [0.4, 0.5) is 13.2 Å². The largest absolute Gasteiger partial charge is 0.484 e. The van der Waals surface area contributed by atoms with Crippen molar-refractivity contribution in [3.8, 4) is 5.75 Å². The third-order valence-corrected chi connectivity index (χ3v) is 2.12. The highest BCUT2D eigenvalue weighted by Crippen LogP contribution is 2.23. The highest BCUT2D eigenvalue weighted by atomic mass is 79.9. The van der Waals surface area contributed by atoms with E-state index in [1.807, 2.05) is 5.43 Å². The summed E-state index contributed by atoms with van der Waals surface area (Å²) in [7, 11) is 0. The molecule has 17 heavy (non-hydrogen) atoms. The third-order valence-electron chi connectivity index (χ3n) is 1.67. The molecular weight excluding hydrogens is 305 g/mol. The molecule has 0 aromatic heterocycles. The summed E-state index contributed by atoms with van der Waals surface area (Å²) >= 11 is 3.05. The normalized spacial score (nSPS) is 11.1. The predicted molar refractivity (Wildman–Crippen MR) is 57.3 cm³/mol. The Kier molecular flexibility index (Phi) is 4.35.